The minimum atomic E-state index is 0.244. The average Bonchev–Trinajstić information content (AvgIpc) is 2.31. The van der Waals surface area contributed by atoms with E-state index in [4.69, 9.17) is 10.5 Å². The lowest BCUT2D eigenvalue weighted by Crippen LogP contribution is -2.26. The third-order valence-corrected chi connectivity index (χ3v) is 3.53. The summed E-state index contributed by atoms with van der Waals surface area (Å²) >= 11 is 0. The molecule has 0 heterocycles. The van der Waals surface area contributed by atoms with E-state index >= 15 is 0 Å². The van der Waals surface area contributed by atoms with Crippen LogP contribution in [-0.4, -0.2) is 26.7 Å². The fourth-order valence-electron chi connectivity index (χ4n) is 2.27. The van der Waals surface area contributed by atoms with Crippen LogP contribution in [0.15, 0.2) is 6.07 Å². The van der Waals surface area contributed by atoms with Crippen LogP contribution < -0.4 is 15.4 Å². The van der Waals surface area contributed by atoms with Crippen LogP contribution in [0.2, 0.25) is 0 Å². The summed E-state index contributed by atoms with van der Waals surface area (Å²) in [4.78, 5) is 2.28. The van der Waals surface area contributed by atoms with E-state index in [-0.39, 0.29) is 6.04 Å². The summed E-state index contributed by atoms with van der Waals surface area (Å²) in [6, 6.07) is 2.44. The molecule has 0 aliphatic heterocycles. The van der Waals surface area contributed by atoms with Gasteiger partial charge in [-0.05, 0) is 56.9 Å². The largest absolute Gasteiger partial charge is 0.496 e. The Balaban J connectivity index is 3.03. The molecule has 0 saturated carbocycles. The molecule has 3 heteroatoms. The van der Waals surface area contributed by atoms with Crippen LogP contribution in [-0.2, 0) is 0 Å². The first-order chi connectivity index (χ1) is 8.38. The van der Waals surface area contributed by atoms with E-state index in [2.05, 4.69) is 38.8 Å². The number of aryl methyl sites for hydroxylation is 1. The molecule has 1 aromatic carbocycles. The average molecular weight is 250 g/mol. The molecule has 1 rings (SSSR count). The summed E-state index contributed by atoms with van der Waals surface area (Å²) in [5.41, 5.74) is 10.8. The van der Waals surface area contributed by atoms with Gasteiger partial charge < -0.3 is 15.4 Å². The van der Waals surface area contributed by atoms with E-state index in [1.807, 2.05) is 6.92 Å². The first kappa shape index (κ1) is 14.8. The van der Waals surface area contributed by atoms with Gasteiger partial charge in [-0.25, -0.2) is 0 Å². The molecule has 0 spiro atoms. The summed E-state index contributed by atoms with van der Waals surface area (Å²) in [5, 5.41) is 0. The van der Waals surface area contributed by atoms with Gasteiger partial charge >= 0.3 is 0 Å². The minimum absolute atomic E-state index is 0.244. The molecule has 18 heavy (non-hydrogen) atoms. The molecule has 0 amide bonds. The highest BCUT2D eigenvalue weighted by Gasteiger charge is 2.13. The molecule has 0 radical (unpaired) electrons. The third-order valence-electron chi connectivity index (χ3n) is 3.53. The molecule has 0 aliphatic carbocycles. The summed E-state index contributed by atoms with van der Waals surface area (Å²) in [5.74, 6) is 0.997. The van der Waals surface area contributed by atoms with Crippen molar-refractivity contribution in [3.05, 3.63) is 22.8 Å². The maximum atomic E-state index is 5.82. The van der Waals surface area contributed by atoms with Gasteiger partial charge in [-0.3, -0.25) is 0 Å². The molecule has 1 aromatic rings. The monoisotopic (exact) mass is 250 g/mol. The van der Waals surface area contributed by atoms with Crippen molar-refractivity contribution in [3.8, 4) is 5.75 Å². The molecule has 102 valence electrons. The quantitative estimate of drug-likeness (QED) is 0.873. The highest BCUT2D eigenvalue weighted by atomic mass is 16.5. The van der Waals surface area contributed by atoms with E-state index in [0.717, 1.165) is 18.7 Å². The number of ether oxygens (including phenoxy) is 1. The molecular formula is C15H26N2O. The summed E-state index contributed by atoms with van der Waals surface area (Å²) in [6.07, 6.45) is 1.00. The fraction of sp³-hybridized carbons (Fsp3) is 0.600. The number of hydrogen-bond donors (Lipinski definition) is 1. The van der Waals surface area contributed by atoms with Gasteiger partial charge in [0.1, 0.15) is 5.75 Å². The summed E-state index contributed by atoms with van der Waals surface area (Å²) < 4.78 is 5.45. The number of anilines is 1. The van der Waals surface area contributed by atoms with Gasteiger partial charge in [-0.2, -0.15) is 0 Å². The Labute approximate surface area is 111 Å². The third kappa shape index (κ3) is 3.16. The first-order valence-electron chi connectivity index (χ1n) is 6.50. The second-order valence-electron chi connectivity index (χ2n) is 5.18. The molecule has 0 aliphatic rings. The van der Waals surface area contributed by atoms with Crippen molar-refractivity contribution in [2.45, 2.75) is 40.2 Å². The van der Waals surface area contributed by atoms with Crippen molar-refractivity contribution in [2.75, 3.05) is 25.6 Å². The molecule has 0 fully saturated rings. The Morgan fingerprint density at radius 1 is 1.28 bits per heavy atom. The Morgan fingerprint density at radius 2 is 1.89 bits per heavy atom. The lowest BCUT2D eigenvalue weighted by atomic mass is 10.0. The van der Waals surface area contributed by atoms with Crippen LogP contribution in [0.5, 0.6) is 5.75 Å². The van der Waals surface area contributed by atoms with Crippen molar-refractivity contribution in [1.82, 2.24) is 0 Å². The van der Waals surface area contributed by atoms with Gasteiger partial charge in [0, 0.05) is 25.3 Å². The molecule has 0 saturated heterocycles. The van der Waals surface area contributed by atoms with Gasteiger partial charge in [-0.1, -0.05) is 0 Å². The zero-order chi connectivity index (χ0) is 13.9. The zero-order valence-corrected chi connectivity index (χ0v) is 12.5. The van der Waals surface area contributed by atoms with E-state index in [1.165, 1.54) is 22.4 Å². The number of nitrogens with two attached hydrogens (primary N) is 1. The fourth-order valence-corrected chi connectivity index (χ4v) is 2.27. The van der Waals surface area contributed by atoms with Gasteiger partial charge in [0.05, 0.1) is 7.11 Å². The van der Waals surface area contributed by atoms with Crippen LogP contribution in [0.3, 0.4) is 0 Å². The van der Waals surface area contributed by atoms with Gasteiger partial charge in [0.25, 0.3) is 0 Å². The van der Waals surface area contributed by atoms with Crippen molar-refractivity contribution in [1.29, 1.82) is 0 Å². The Kier molecular flexibility index (Phi) is 5.03. The lowest BCUT2D eigenvalue weighted by Gasteiger charge is -2.25. The normalized spacial score (nSPS) is 12.4. The molecule has 3 nitrogen and oxygen atoms in total. The summed E-state index contributed by atoms with van der Waals surface area (Å²) in [6.45, 7) is 9.38. The number of benzene rings is 1. The highest BCUT2D eigenvalue weighted by Crippen LogP contribution is 2.33. The van der Waals surface area contributed by atoms with Crippen molar-refractivity contribution in [2.24, 2.45) is 5.73 Å². The second kappa shape index (κ2) is 6.10. The minimum Gasteiger partial charge on any atom is -0.496 e. The Hall–Kier alpha value is -1.22. The molecule has 1 unspecified atom stereocenters. The molecule has 1 atom stereocenters. The van der Waals surface area contributed by atoms with Crippen molar-refractivity contribution < 1.29 is 4.74 Å². The Morgan fingerprint density at radius 3 is 2.39 bits per heavy atom. The number of rotatable bonds is 5. The topological polar surface area (TPSA) is 38.5 Å². The van der Waals surface area contributed by atoms with Crippen LogP contribution in [0.1, 0.15) is 30.0 Å². The van der Waals surface area contributed by atoms with E-state index in [1.54, 1.807) is 7.11 Å². The number of methoxy groups -OCH3 is 1. The van der Waals surface area contributed by atoms with Gasteiger partial charge in [0.15, 0.2) is 0 Å². The molecular weight excluding hydrogens is 224 g/mol. The maximum absolute atomic E-state index is 5.82. The second-order valence-corrected chi connectivity index (χ2v) is 5.18. The maximum Gasteiger partial charge on any atom is 0.125 e. The molecule has 0 aromatic heterocycles. The SMILES string of the molecule is COc1c(C)cc(N(C)CCC(C)N)c(C)c1C. The van der Waals surface area contributed by atoms with E-state index in [0.29, 0.717) is 0 Å². The Bertz CT molecular complexity index is 413. The molecule has 2 N–H and O–H groups in total. The van der Waals surface area contributed by atoms with Gasteiger partial charge in [0.2, 0.25) is 0 Å². The van der Waals surface area contributed by atoms with Crippen LogP contribution in [0.25, 0.3) is 0 Å². The number of hydrogen-bond acceptors (Lipinski definition) is 3. The van der Waals surface area contributed by atoms with E-state index < -0.39 is 0 Å². The van der Waals surface area contributed by atoms with Gasteiger partial charge in [-0.15, -0.1) is 0 Å². The van der Waals surface area contributed by atoms with Crippen molar-refractivity contribution >= 4 is 5.69 Å². The van der Waals surface area contributed by atoms with Crippen LogP contribution in [0.4, 0.5) is 5.69 Å². The predicted octanol–water partition coefficient (Wildman–Crippen LogP) is 2.79. The zero-order valence-electron chi connectivity index (χ0n) is 12.5. The number of nitrogens with zero attached hydrogens (tertiary/aromatic N) is 1. The lowest BCUT2D eigenvalue weighted by molar-refractivity contribution is 0.408. The predicted molar refractivity (Wildman–Crippen MR) is 78.7 cm³/mol. The highest BCUT2D eigenvalue weighted by molar-refractivity contribution is 5.62. The smallest absolute Gasteiger partial charge is 0.125 e. The molecule has 0 bridgehead atoms. The van der Waals surface area contributed by atoms with Crippen molar-refractivity contribution in [3.63, 3.8) is 0 Å². The standard InChI is InChI=1S/C15H26N2O/c1-10-9-14(17(5)8-7-11(2)16)12(3)13(4)15(10)18-6/h9,11H,7-8,16H2,1-6H3. The van der Waals surface area contributed by atoms with Crippen LogP contribution >= 0.6 is 0 Å². The van der Waals surface area contributed by atoms with E-state index in [9.17, 15) is 0 Å². The first-order valence-corrected chi connectivity index (χ1v) is 6.50. The van der Waals surface area contributed by atoms with Crippen LogP contribution in [0, 0.1) is 20.8 Å². The summed E-state index contributed by atoms with van der Waals surface area (Å²) in [7, 11) is 3.85.